The molecular weight excluding hydrogens is 317 g/mol. The topological polar surface area (TPSA) is 43.1 Å². The molecule has 0 radical (unpaired) electrons. The molecule has 1 heterocycles. The molecule has 1 saturated heterocycles. The second-order valence-corrected chi connectivity index (χ2v) is 8.30. The van der Waals surface area contributed by atoms with Gasteiger partial charge in [-0.2, -0.15) is 0 Å². The minimum absolute atomic E-state index is 0.108. The number of alkyl halides is 2. The van der Waals surface area contributed by atoms with E-state index in [0.717, 1.165) is 25.7 Å². The SMILES string of the molecule is CC1CCCCC1(C1CCC[I-]C1)[N+](=O)[O-]. The summed E-state index contributed by atoms with van der Waals surface area (Å²) < 4.78 is 2.59. The molecule has 3 atom stereocenters. The summed E-state index contributed by atoms with van der Waals surface area (Å²) in [5.74, 6) is 0.697. The Kier molecular flexibility index (Phi) is 4.08. The molecule has 0 spiro atoms. The molecule has 1 aliphatic heterocycles. The molecule has 0 amide bonds. The molecule has 0 aromatic heterocycles. The van der Waals surface area contributed by atoms with Crippen molar-refractivity contribution in [3.63, 3.8) is 0 Å². The Morgan fingerprint density at radius 1 is 1.31 bits per heavy atom. The molecule has 94 valence electrons. The molecule has 1 saturated carbocycles. The second kappa shape index (κ2) is 5.19. The maximum atomic E-state index is 11.6. The minimum atomic E-state index is -0.543. The normalized spacial score (nSPS) is 41.1. The molecule has 2 fully saturated rings. The van der Waals surface area contributed by atoms with Crippen LogP contribution in [0.1, 0.15) is 45.4 Å². The van der Waals surface area contributed by atoms with Crippen molar-refractivity contribution >= 4 is 0 Å². The Hall–Kier alpha value is 0.130. The molecule has 0 N–H and O–H groups in total. The van der Waals surface area contributed by atoms with Crippen LogP contribution in [0.2, 0.25) is 0 Å². The molecular formula is C12H21INO2-. The van der Waals surface area contributed by atoms with Gasteiger partial charge in [0.05, 0.1) is 0 Å². The number of nitrogens with zero attached hydrogens (tertiary/aromatic N) is 1. The van der Waals surface area contributed by atoms with Gasteiger partial charge in [0, 0.05) is 0 Å². The zero-order chi connectivity index (χ0) is 11.6. The van der Waals surface area contributed by atoms with Gasteiger partial charge in [-0.05, 0) is 0 Å². The van der Waals surface area contributed by atoms with Crippen molar-refractivity contribution in [2.24, 2.45) is 11.8 Å². The third-order valence-electron chi connectivity index (χ3n) is 4.48. The third-order valence-corrected chi connectivity index (χ3v) is 7.69. The molecule has 3 nitrogen and oxygen atoms in total. The standard InChI is InChI=1S/C12H21INO2/c1-10-5-2-3-7-12(10,14(15)16)11-6-4-8-13-9-11/h10-11H,2-9H2,1H3/q-1. The van der Waals surface area contributed by atoms with Crippen molar-refractivity contribution in [2.45, 2.75) is 51.0 Å². The van der Waals surface area contributed by atoms with E-state index in [2.05, 4.69) is 6.92 Å². The van der Waals surface area contributed by atoms with Gasteiger partial charge in [-0.15, -0.1) is 0 Å². The predicted octanol–water partition coefficient (Wildman–Crippen LogP) is -0.289. The van der Waals surface area contributed by atoms with Gasteiger partial charge in [0.25, 0.3) is 0 Å². The van der Waals surface area contributed by atoms with Crippen LogP contribution < -0.4 is 21.2 Å². The second-order valence-electron chi connectivity index (χ2n) is 5.27. The molecule has 2 rings (SSSR count). The van der Waals surface area contributed by atoms with Crippen LogP contribution >= 0.6 is 0 Å². The van der Waals surface area contributed by atoms with Crippen LogP contribution in [0.25, 0.3) is 0 Å². The molecule has 16 heavy (non-hydrogen) atoms. The molecule has 4 heteroatoms. The van der Waals surface area contributed by atoms with Gasteiger partial charge in [-0.1, -0.05) is 0 Å². The van der Waals surface area contributed by atoms with Crippen LogP contribution in [0.3, 0.4) is 0 Å². The Labute approximate surface area is 108 Å². The average Bonchev–Trinajstić information content (AvgIpc) is 2.30. The number of hydrogen-bond donors (Lipinski definition) is 0. The van der Waals surface area contributed by atoms with E-state index in [1.165, 1.54) is 21.7 Å². The summed E-state index contributed by atoms with van der Waals surface area (Å²) in [5, 5.41) is 11.6. The third kappa shape index (κ3) is 2.09. The number of rotatable bonds is 2. The van der Waals surface area contributed by atoms with Crippen LogP contribution in [0.15, 0.2) is 0 Å². The van der Waals surface area contributed by atoms with E-state index in [1.807, 2.05) is 0 Å². The Morgan fingerprint density at radius 2 is 2.12 bits per heavy atom. The van der Waals surface area contributed by atoms with Crippen LogP contribution in [0.4, 0.5) is 0 Å². The summed E-state index contributed by atoms with van der Waals surface area (Å²) >= 11 is 0.266. The first-order valence-corrected chi connectivity index (χ1v) is 9.41. The Balaban J connectivity index is 2.22. The fraction of sp³-hybridized carbons (Fsp3) is 1.00. The zero-order valence-electron chi connectivity index (χ0n) is 9.95. The molecule has 0 bridgehead atoms. The maximum absolute atomic E-state index is 11.6. The first kappa shape index (κ1) is 12.6. The fourth-order valence-corrected chi connectivity index (χ4v) is 6.84. The van der Waals surface area contributed by atoms with Gasteiger partial charge in [0.15, 0.2) is 0 Å². The molecule has 1 aliphatic carbocycles. The van der Waals surface area contributed by atoms with Gasteiger partial charge >= 0.3 is 108 Å². The Bertz CT molecular complexity index is 266. The number of hydrogen-bond acceptors (Lipinski definition) is 2. The summed E-state index contributed by atoms with van der Waals surface area (Å²) in [6.07, 6.45) is 6.54. The monoisotopic (exact) mass is 338 g/mol. The van der Waals surface area contributed by atoms with Gasteiger partial charge in [-0.25, -0.2) is 0 Å². The van der Waals surface area contributed by atoms with E-state index in [0.29, 0.717) is 11.8 Å². The van der Waals surface area contributed by atoms with E-state index in [1.54, 1.807) is 0 Å². The van der Waals surface area contributed by atoms with E-state index in [4.69, 9.17) is 0 Å². The summed E-state index contributed by atoms with van der Waals surface area (Å²) in [7, 11) is 0. The van der Waals surface area contributed by atoms with Gasteiger partial charge in [0.1, 0.15) is 0 Å². The van der Waals surface area contributed by atoms with Crippen molar-refractivity contribution in [3.05, 3.63) is 10.1 Å². The van der Waals surface area contributed by atoms with Gasteiger partial charge < -0.3 is 0 Å². The van der Waals surface area contributed by atoms with E-state index in [9.17, 15) is 10.1 Å². The molecule has 3 unspecified atom stereocenters. The van der Waals surface area contributed by atoms with E-state index in [-0.39, 0.29) is 26.1 Å². The van der Waals surface area contributed by atoms with Gasteiger partial charge in [-0.3, -0.25) is 0 Å². The first-order chi connectivity index (χ1) is 7.68. The first-order valence-electron chi connectivity index (χ1n) is 6.36. The quantitative estimate of drug-likeness (QED) is 0.301. The zero-order valence-corrected chi connectivity index (χ0v) is 12.1. The molecule has 2 aliphatic rings. The summed E-state index contributed by atoms with van der Waals surface area (Å²) in [4.78, 5) is 11.7. The Morgan fingerprint density at radius 3 is 2.69 bits per heavy atom. The summed E-state index contributed by atoms with van der Waals surface area (Å²) in [6, 6.07) is 0. The van der Waals surface area contributed by atoms with Crippen molar-refractivity contribution < 1.29 is 26.1 Å². The van der Waals surface area contributed by atoms with Crippen molar-refractivity contribution in [3.8, 4) is 0 Å². The fourth-order valence-electron chi connectivity index (χ4n) is 3.47. The van der Waals surface area contributed by atoms with Gasteiger partial charge in [0.2, 0.25) is 0 Å². The number of halogens is 1. The predicted molar refractivity (Wildman–Crippen MR) is 59.8 cm³/mol. The van der Waals surface area contributed by atoms with Crippen molar-refractivity contribution in [1.82, 2.24) is 0 Å². The molecule has 0 aromatic carbocycles. The van der Waals surface area contributed by atoms with E-state index < -0.39 is 5.54 Å². The van der Waals surface area contributed by atoms with Crippen LogP contribution in [0.5, 0.6) is 0 Å². The van der Waals surface area contributed by atoms with Crippen LogP contribution in [0, 0.1) is 22.0 Å². The van der Waals surface area contributed by atoms with Crippen molar-refractivity contribution in [2.75, 3.05) is 8.86 Å². The summed E-state index contributed by atoms with van der Waals surface area (Å²) in [6.45, 7) is 2.12. The number of nitro groups is 1. The van der Waals surface area contributed by atoms with Crippen LogP contribution in [-0.2, 0) is 0 Å². The average molecular weight is 338 g/mol. The van der Waals surface area contributed by atoms with E-state index >= 15 is 0 Å². The van der Waals surface area contributed by atoms with Crippen molar-refractivity contribution in [1.29, 1.82) is 0 Å². The summed E-state index contributed by atoms with van der Waals surface area (Å²) in [5.41, 5.74) is -0.543. The molecule has 0 aromatic rings. The van der Waals surface area contributed by atoms with Crippen LogP contribution in [-0.4, -0.2) is 19.3 Å².